The number of hydrogen-bond acceptors (Lipinski definition) is 0. The van der Waals surface area contributed by atoms with Gasteiger partial charge in [0.1, 0.15) is 0 Å². The molecule has 0 aliphatic rings. The van der Waals surface area contributed by atoms with Gasteiger partial charge in [0.15, 0.2) is 0 Å². The summed E-state index contributed by atoms with van der Waals surface area (Å²) < 4.78 is 115. The molecule has 0 aliphatic heterocycles. The van der Waals surface area contributed by atoms with E-state index in [1.807, 2.05) is 60.7 Å². The van der Waals surface area contributed by atoms with Gasteiger partial charge in [-0.25, -0.2) is 0 Å². The summed E-state index contributed by atoms with van der Waals surface area (Å²) in [4.78, 5) is 0. The van der Waals surface area contributed by atoms with Crippen LogP contribution in [0.15, 0.2) is 182 Å². The molecule has 0 spiro atoms. The second-order valence-electron chi connectivity index (χ2n) is 11.1. The van der Waals surface area contributed by atoms with E-state index in [0.29, 0.717) is 10.9 Å². The van der Waals surface area contributed by atoms with E-state index in [1.165, 1.54) is 0 Å². The Morgan fingerprint density at radius 3 is 1.57 bits per heavy atom. The van der Waals surface area contributed by atoms with E-state index >= 15 is 0 Å². The van der Waals surface area contributed by atoms with Crippen molar-refractivity contribution in [2.45, 2.75) is 0 Å². The zero-order valence-electron chi connectivity index (χ0n) is 37.3. The molecule has 0 amide bonds. The van der Waals surface area contributed by atoms with Gasteiger partial charge in [-0.1, -0.05) is 176 Å². The van der Waals surface area contributed by atoms with Crippen LogP contribution in [-0.4, -0.2) is 0 Å². The van der Waals surface area contributed by atoms with Gasteiger partial charge in [-0.05, 0) is 93.7 Å². The second kappa shape index (κ2) is 10.9. The highest BCUT2D eigenvalue weighted by Gasteiger charge is 2.19. The topological polar surface area (TPSA) is 0 Å². The maximum Gasteiger partial charge on any atom is 0.0629 e. The van der Waals surface area contributed by atoms with Crippen LogP contribution in [0.1, 0.15) is 17.8 Å². The number of fused-ring (bicyclic) bond motifs is 4. The molecule has 9 aromatic carbocycles. The van der Waals surface area contributed by atoms with Crippen molar-refractivity contribution in [1.29, 1.82) is 0 Å². The van der Waals surface area contributed by atoms with Crippen LogP contribution in [0.4, 0.5) is 0 Å². The molecule has 0 saturated carbocycles. The molecule has 0 heterocycles. The minimum atomic E-state index is -0.709. The summed E-state index contributed by atoms with van der Waals surface area (Å²) in [6.07, 6.45) is 0. The molecular weight excluding hydrogens is 553 g/mol. The molecule has 0 atom stereocenters. The highest BCUT2D eigenvalue weighted by atomic mass is 14.2. The highest BCUT2D eigenvalue weighted by molar-refractivity contribution is 6.24. The third kappa shape index (κ3) is 4.23. The monoisotopic (exact) mass is 595 g/mol. The Hall–Kier alpha value is -5.98. The van der Waals surface area contributed by atoms with Crippen LogP contribution in [-0.2, 0) is 0 Å². The summed E-state index contributed by atoms with van der Waals surface area (Å²) in [7, 11) is 0. The van der Waals surface area contributed by atoms with Crippen molar-refractivity contribution in [1.82, 2.24) is 0 Å². The van der Waals surface area contributed by atoms with Gasteiger partial charge in [0, 0.05) is 0 Å². The summed E-state index contributed by atoms with van der Waals surface area (Å²) in [5.74, 6) is 0. The summed E-state index contributed by atoms with van der Waals surface area (Å²) in [6, 6.07) is 25.4. The van der Waals surface area contributed by atoms with E-state index in [2.05, 4.69) is 36.4 Å². The maximum absolute atomic E-state index is 9.36. The van der Waals surface area contributed by atoms with Crippen LogP contribution in [0.2, 0.25) is 0 Å². The zero-order valence-corrected chi connectivity index (χ0v) is 24.3. The van der Waals surface area contributed by atoms with Crippen molar-refractivity contribution in [3.05, 3.63) is 182 Å². The van der Waals surface area contributed by atoms with E-state index in [0.717, 1.165) is 38.4 Å². The first-order chi connectivity index (χ1) is 28.2. The molecular formula is C46H30. The lowest BCUT2D eigenvalue weighted by atomic mass is 9.83. The minimum Gasteiger partial charge on any atom is -0.0622 e. The summed E-state index contributed by atoms with van der Waals surface area (Å²) in [5.41, 5.74) is 3.70. The first-order valence-corrected chi connectivity index (χ1v) is 14.9. The summed E-state index contributed by atoms with van der Waals surface area (Å²) in [5, 5.41) is 2.77. The smallest absolute Gasteiger partial charge is 0.0622 e. The SMILES string of the molecule is [2H]c1c([2H])c([2H])c(-c2c3c([2H])c([2H])c([2H])c([2H])c3c(-c3ccc(-c4ccc5c(-c6ccccc6)cccc5c4)c4ccccc34)c3c([2H])c([2H])c([2H])c([2H])c23)c([2H])c1[2H]. The predicted octanol–water partition coefficient (Wildman–Crippen LogP) is 13.0. The standard InChI is InChI=1S/C46H30/c1-3-14-31(15-4-1)35-25-13-18-33-30-34(26-27-36(33)35)37-28-29-44(39-20-8-7-19-38(37)39)46-42-23-11-9-21-40(42)45(32-16-5-2-6-17-32)41-22-10-12-24-43(41)46/h1-30H/i2D,5D,6D,9D,10D,11D,12D,16D,17D,21D,22D,23D,24D. The Morgan fingerprint density at radius 2 is 0.870 bits per heavy atom. The van der Waals surface area contributed by atoms with Gasteiger partial charge in [0.2, 0.25) is 0 Å². The van der Waals surface area contributed by atoms with Gasteiger partial charge >= 0.3 is 0 Å². The lowest BCUT2D eigenvalue weighted by Gasteiger charge is -2.19. The zero-order chi connectivity index (χ0) is 41.8. The molecule has 0 bridgehead atoms. The van der Waals surface area contributed by atoms with Crippen molar-refractivity contribution in [3.8, 4) is 44.5 Å². The fourth-order valence-corrected chi connectivity index (χ4v) is 6.61. The van der Waals surface area contributed by atoms with Crippen LogP contribution in [0.5, 0.6) is 0 Å². The maximum atomic E-state index is 9.36. The number of rotatable bonds is 4. The van der Waals surface area contributed by atoms with Crippen LogP contribution in [0, 0.1) is 0 Å². The number of benzene rings is 9. The normalized spacial score (nSPS) is 15.4. The van der Waals surface area contributed by atoms with Crippen molar-refractivity contribution in [2.75, 3.05) is 0 Å². The van der Waals surface area contributed by atoms with Gasteiger partial charge in [-0.3, -0.25) is 0 Å². The third-order valence-electron chi connectivity index (χ3n) is 8.59. The average molecular weight is 596 g/mol. The van der Waals surface area contributed by atoms with Gasteiger partial charge in [0.25, 0.3) is 0 Å². The fraction of sp³-hybridized carbons (Fsp3) is 0. The van der Waals surface area contributed by atoms with Crippen molar-refractivity contribution < 1.29 is 17.8 Å². The molecule has 0 nitrogen and oxygen atoms in total. The van der Waals surface area contributed by atoms with Crippen LogP contribution >= 0.6 is 0 Å². The van der Waals surface area contributed by atoms with E-state index in [1.54, 1.807) is 6.07 Å². The van der Waals surface area contributed by atoms with Crippen molar-refractivity contribution in [2.24, 2.45) is 0 Å². The van der Waals surface area contributed by atoms with Gasteiger partial charge in [-0.15, -0.1) is 0 Å². The van der Waals surface area contributed by atoms with Gasteiger partial charge < -0.3 is 0 Å². The van der Waals surface area contributed by atoms with E-state index in [-0.39, 0.29) is 32.7 Å². The Morgan fingerprint density at radius 1 is 0.304 bits per heavy atom. The first kappa shape index (κ1) is 16.4. The Bertz CT molecular complexity index is 3190. The van der Waals surface area contributed by atoms with E-state index in [9.17, 15) is 5.48 Å². The molecule has 9 rings (SSSR count). The third-order valence-corrected chi connectivity index (χ3v) is 8.59. The van der Waals surface area contributed by atoms with Crippen LogP contribution < -0.4 is 0 Å². The minimum absolute atomic E-state index is 0.0962. The Labute approximate surface area is 287 Å². The number of hydrogen-bond donors (Lipinski definition) is 0. The molecule has 0 heteroatoms. The average Bonchev–Trinajstić information content (AvgIpc) is 3.26. The van der Waals surface area contributed by atoms with Gasteiger partial charge in [0.05, 0.1) is 17.8 Å². The van der Waals surface area contributed by atoms with Crippen molar-refractivity contribution >= 4 is 43.1 Å². The first-order valence-electron chi connectivity index (χ1n) is 21.4. The summed E-state index contributed by atoms with van der Waals surface area (Å²) >= 11 is 0. The van der Waals surface area contributed by atoms with Gasteiger partial charge in [-0.2, -0.15) is 0 Å². The quantitative estimate of drug-likeness (QED) is 0.178. The Kier molecular flexibility index (Phi) is 3.87. The fourth-order valence-electron chi connectivity index (χ4n) is 6.61. The summed E-state index contributed by atoms with van der Waals surface area (Å²) in [6.45, 7) is 0. The molecule has 46 heavy (non-hydrogen) atoms. The molecule has 9 aromatic rings. The van der Waals surface area contributed by atoms with E-state index < -0.39 is 84.1 Å². The Balaban J connectivity index is 1.44. The lowest BCUT2D eigenvalue weighted by molar-refractivity contribution is 1.64. The molecule has 214 valence electrons. The van der Waals surface area contributed by atoms with E-state index in [4.69, 9.17) is 12.3 Å². The second-order valence-corrected chi connectivity index (χ2v) is 11.1. The molecule has 0 unspecified atom stereocenters. The molecule has 0 radical (unpaired) electrons. The van der Waals surface area contributed by atoms with Crippen LogP contribution in [0.25, 0.3) is 87.6 Å². The van der Waals surface area contributed by atoms with Crippen molar-refractivity contribution in [3.63, 3.8) is 0 Å². The highest BCUT2D eigenvalue weighted by Crippen LogP contribution is 2.46. The lowest BCUT2D eigenvalue weighted by Crippen LogP contribution is -1.92. The predicted molar refractivity (Wildman–Crippen MR) is 198 cm³/mol. The molecule has 0 N–H and O–H groups in total. The molecule has 0 fully saturated rings. The van der Waals surface area contributed by atoms with Crippen LogP contribution in [0.3, 0.4) is 0 Å². The largest absolute Gasteiger partial charge is 0.0629 e. The molecule has 0 saturated heterocycles. The molecule has 0 aliphatic carbocycles. The molecule has 0 aromatic heterocycles.